The molecule has 0 saturated heterocycles. The van der Waals surface area contributed by atoms with Gasteiger partial charge in [-0.25, -0.2) is 4.68 Å². The van der Waals surface area contributed by atoms with Crippen LogP contribution in [-0.4, -0.2) is 26.0 Å². The number of carbonyl (C=O) groups excluding carboxylic acids is 1. The van der Waals surface area contributed by atoms with Gasteiger partial charge in [-0.3, -0.25) is 4.79 Å². The molecule has 0 radical (unpaired) electrons. The third kappa shape index (κ3) is 3.88. The van der Waals surface area contributed by atoms with E-state index in [9.17, 15) is 9.90 Å². The van der Waals surface area contributed by atoms with E-state index in [1.165, 1.54) is 4.68 Å². The molecule has 6 heteroatoms. The molecule has 6 nitrogen and oxygen atoms in total. The molecule has 1 amide bonds. The summed E-state index contributed by atoms with van der Waals surface area (Å²) in [6.45, 7) is 5.83. The van der Waals surface area contributed by atoms with Crippen molar-refractivity contribution in [3.63, 3.8) is 0 Å². The highest BCUT2D eigenvalue weighted by atomic mass is 16.3. The lowest BCUT2D eigenvalue weighted by Gasteiger charge is -2.13. The number of hydrogen-bond donors (Lipinski definition) is 2. The maximum Gasteiger partial charge on any atom is 0.246 e. The Balaban J connectivity index is 2.05. The van der Waals surface area contributed by atoms with Gasteiger partial charge in [0, 0.05) is 5.69 Å². The van der Waals surface area contributed by atoms with Crippen molar-refractivity contribution in [2.24, 2.45) is 0 Å². The quantitative estimate of drug-likeness (QED) is 0.883. The summed E-state index contributed by atoms with van der Waals surface area (Å²) in [4.78, 5) is 12.1. The molecule has 1 aromatic heterocycles. The van der Waals surface area contributed by atoms with Crippen LogP contribution < -0.4 is 5.32 Å². The van der Waals surface area contributed by atoms with Crippen molar-refractivity contribution in [3.8, 4) is 0 Å². The molecule has 2 rings (SSSR count). The van der Waals surface area contributed by atoms with Crippen molar-refractivity contribution in [3.05, 3.63) is 41.7 Å². The largest absolute Gasteiger partial charge is 0.387 e. The molecule has 0 spiro atoms. The summed E-state index contributed by atoms with van der Waals surface area (Å²) in [5.74, 6) is 0.153. The molecule has 112 valence electrons. The lowest BCUT2D eigenvalue weighted by Crippen LogP contribution is -2.20. The van der Waals surface area contributed by atoms with Crippen molar-refractivity contribution < 1.29 is 9.90 Å². The Kier molecular flexibility index (Phi) is 4.70. The molecule has 0 aliphatic rings. The Hall–Kier alpha value is -2.21. The van der Waals surface area contributed by atoms with Gasteiger partial charge in [-0.15, -0.1) is 5.10 Å². The number of aromatic nitrogens is 3. The van der Waals surface area contributed by atoms with Crippen molar-refractivity contribution in [2.75, 3.05) is 5.32 Å². The normalized spacial score (nSPS) is 12.4. The average Bonchev–Trinajstić information content (AvgIpc) is 2.87. The van der Waals surface area contributed by atoms with Crippen LogP contribution in [0.4, 0.5) is 5.69 Å². The number of anilines is 1. The molecule has 0 aliphatic heterocycles. The zero-order valence-electron chi connectivity index (χ0n) is 12.4. The van der Waals surface area contributed by atoms with Crippen LogP contribution in [0.15, 0.2) is 30.5 Å². The van der Waals surface area contributed by atoms with E-state index < -0.39 is 6.10 Å². The highest BCUT2D eigenvalue weighted by Crippen LogP contribution is 2.23. The second kappa shape index (κ2) is 6.49. The van der Waals surface area contributed by atoms with E-state index in [0.29, 0.717) is 11.6 Å². The summed E-state index contributed by atoms with van der Waals surface area (Å²) in [6.07, 6.45) is 0.877. The van der Waals surface area contributed by atoms with Gasteiger partial charge in [0.25, 0.3) is 0 Å². The van der Waals surface area contributed by atoms with Crippen LogP contribution in [-0.2, 0) is 11.3 Å². The first-order valence-corrected chi connectivity index (χ1v) is 6.94. The maximum absolute atomic E-state index is 12.1. The topological polar surface area (TPSA) is 80.0 Å². The third-order valence-electron chi connectivity index (χ3n) is 3.15. The van der Waals surface area contributed by atoms with Gasteiger partial charge >= 0.3 is 0 Å². The van der Waals surface area contributed by atoms with Gasteiger partial charge in [0.1, 0.15) is 12.2 Å². The second-order valence-electron chi connectivity index (χ2n) is 5.31. The number of para-hydroxylation sites is 1. The van der Waals surface area contributed by atoms with Gasteiger partial charge in [-0.05, 0) is 24.5 Å². The molecule has 1 aromatic carbocycles. The predicted octanol–water partition coefficient (Wildman–Crippen LogP) is 2.09. The first-order chi connectivity index (χ1) is 9.97. The van der Waals surface area contributed by atoms with Crippen molar-refractivity contribution >= 4 is 11.6 Å². The van der Waals surface area contributed by atoms with Crippen LogP contribution >= 0.6 is 0 Å². The summed E-state index contributed by atoms with van der Waals surface area (Å²) in [5.41, 5.74) is 2.35. The summed E-state index contributed by atoms with van der Waals surface area (Å²) >= 11 is 0. The smallest absolute Gasteiger partial charge is 0.246 e. The first kappa shape index (κ1) is 15.2. The lowest BCUT2D eigenvalue weighted by molar-refractivity contribution is -0.116. The maximum atomic E-state index is 12.1. The van der Waals surface area contributed by atoms with Crippen LogP contribution in [0.2, 0.25) is 0 Å². The average molecular weight is 288 g/mol. The van der Waals surface area contributed by atoms with E-state index >= 15 is 0 Å². The fourth-order valence-electron chi connectivity index (χ4n) is 2.03. The Bertz CT molecular complexity index is 620. The predicted molar refractivity (Wildman–Crippen MR) is 79.8 cm³/mol. The molecule has 1 atom stereocenters. The Morgan fingerprint density at radius 3 is 2.67 bits per heavy atom. The number of hydrogen-bond acceptors (Lipinski definition) is 4. The van der Waals surface area contributed by atoms with Gasteiger partial charge < -0.3 is 10.4 Å². The SMILES string of the molecule is CC(C)c1ccccc1NC(=O)Cn1cc(C(C)O)nn1. The van der Waals surface area contributed by atoms with Gasteiger partial charge in [0.2, 0.25) is 5.91 Å². The second-order valence-corrected chi connectivity index (χ2v) is 5.31. The van der Waals surface area contributed by atoms with Gasteiger partial charge in [0.15, 0.2) is 0 Å². The molecule has 21 heavy (non-hydrogen) atoms. The first-order valence-electron chi connectivity index (χ1n) is 6.94. The molecule has 0 bridgehead atoms. The van der Waals surface area contributed by atoms with Crippen molar-refractivity contribution in [2.45, 2.75) is 39.3 Å². The number of nitrogens with one attached hydrogen (secondary N) is 1. The van der Waals surface area contributed by atoms with Gasteiger partial charge in [0.05, 0.1) is 12.3 Å². The van der Waals surface area contributed by atoms with Crippen molar-refractivity contribution in [1.82, 2.24) is 15.0 Å². The minimum atomic E-state index is -0.691. The highest BCUT2D eigenvalue weighted by Gasteiger charge is 2.12. The molecule has 1 heterocycles. The van der Waals surface area contributed by atoms with Crippen LogP contribution in [0.1, 0.15) is 44.1 Å². The Labute approximate surface area is 123 Å². The number of aliphatic hydroxyl groups excluding tert-OH is 1. The van der Waals surface area contributed by atoms with Crippen LogP contribution in [0, 0.1) is 0 Å². The number of benzene rings is 1. The zero-order valence-corrected chi connectivity index (χ0v) is 12.4. The molecule has 2 aromatic rings. The fraction of sp³-hybridized carbons (Fsp3) is 0.400. The molecular formula is C15H20N4O2. The summed E-state index contributed by atoms with van der Waals surface area (Å²) < 4.78 is 1.41. The standard InChI is InChI=1S/C15H20N4O2/c1-10(2)12-6-4-5-7-13(12)16-15(21)9-19-8-14(11(3)20)17-18-19/h4-8,10-11,20H,9H2,1-3H3,(H,16,21). The zero-order chi connectivity index (χ0) is 15.4. The Morgan fingerprint density at radius 2 is 2.05 bits per heavy atom. The molecule has 0 aliphatic carbocycles. The van der Waals surface area contributed by atoms with E-state index in [0.717, 1.165) is 11.3 Å². The summed E-state index contributed by atoms with van der Waals surface area (Å²) in [7, 11) is 0. The molecule has 0 fully saturated rings. The monoisotopic (exact) mass is 288 g/mol. The Morgan fingerprint density at radius 1 is 1.33 bits per heavy atom. The fourth-order valence-corrected chi connectivity index (χ4v) is 2.03. The summed E-state index contributed by atoms with van der Waals surface area (Å²) in [6, 6.07) is 7.73. The van der Waals surface area contributed by atoms with Crippen LogP contribution in [0.3, 0.4) is 0 Å². The number of amides is 1. The number of rotatable bonds is 5. The number of aliphatic hydroxyl groups is 1. The van der Waals surface area contributed by atoms with E-state index in [4.69, 9.17) is 0 Å². The highest BCUT2D eigenvalue weighted by molar-refractivity contribution is 5.91. The van der Waals surface area contributed by atoms with E-state index in [1.54, 1.807) is 13.1 Å². The van der Waals surface area contributed by atoms with Crippen molar-refractivity contribution in [1.29, 1.82) is 0 Å². The van der Waals surface area contributed by atoms with E-state index in [2.05, 4.69) is 29.5 Å². The third-order valence-corrected chi connectivity index (χ3v) is 3.15. The minimum Gasteiger partial charge on any atom is -0.387 e. The molecular weight excluding hydrogens is 268 g/mol. The van der Waals surface area contributed by atoms with Crippen LogP contribution in [0.25, 0.3) is 0 Å². The van der Waals surface area contributed by atoms with Gasteiger partial charge in [-0.1, -0.05) is 37.3 Å². The van der Waals surface area contributed by atoms with E-state index in [1.807, 2.05) is 24.3 Å². The minimum absolute atomic E-state index is 0.0617. The van der Waals surface area contributed by atoms with Gasteiger partial charge in [-0.2, -0.15) is 0 Å². The molecule has 2 N–H and O–H groups in total. The van der Waals surface area contributed by atoms with Crippen LogP contribution in [0.5, 0.6) is 0 Å². The molecule has 0 saturated carbocycles. The molecule has 1 unspecified atom stereocenters. The number of nitrogens with zero attached hydrogens (tertiary/aromatic N) is 3. The lowest BCUT2D eigenvalue weighted by atomic mass is 10.0. The van der Waals surface area contributed by atoms with E-state index in [-0.39, 0.29) is 12.5 Å². The number of carbonyl (C=O) groups is 1. The summed E-state index contributed by atoms with van der Waals surface area (Å²) in [5, 5.41) is 19.9.